The second kappa shape index (κ2) is 5.48. The number of rotatable bonds is 2. The van der Waals surface area contributed by atoms with E-state index in [1.807, 2.05) is 0 Å². The first-order valence-corrected chi connectivity index (χ1v) is 8.45. The summed E-state index contributed by atoms with van der Waals surface area (Å²) in [5, 5.41) is 9.17. The first-order valence-electron chi connectivity index (χ1n) is 6.63. The van der Waals surface area contributed by atoms with Crippen molar-refractivity contribution in [1.82, 2.24) is 4.90 Å². The lowest BCUT2D eigenvalue weighted by Crippen LogP contribution is -2.48. The Labute approximate surface area is 112 Å². The minimum absolute atomic E-state index is 0.0107. The van der Waals surface area contributed by atoms with E-state index in [-0.39, 0.29) is 30.5 Å². The van der Waals surface area contributed by atoms with E-state index >= 15 is 0 Å². The molecule has 1 amide bonds. The zero-order valence-corrected chi connectivity index (χ0v) is 11.6. The third kappa shape index (κ3) is 3.26. The van der Waals surface area contributed by atoms with Gasteiger partial charge < -0.3 is 10.0 Å². The minimum Gasteiger partial charge on any atom is -0.481 e. The van der Waals surface area contributed by atoms with E-state index in [0.29, 0.717) is 12.8 Å². The summed E-state index contributed by atoms with van der Waals surface area (Å²) in [5.74, 6) is -2.21. The standard InChI is InChI=1S/C12H19NO5S/c14-11(13-5-7-19(17,18)8-6-13)9-3-1-2-4-10(9)12(15)16/h9-10H,1-8H2,(H,15,16)/t9-,10+/m1/s1. The lowest BCUT2D eigenvalue weighted by Gasteiger charge is -2.34. The highest BCUT2D eigenvalue weighted by molar-refractivity contribution is 7.91. The summed E-state index contributed by atoms with van der Waals surface area (Å²) in [6.45, 7) is 0.397. The first kappa shape index (κ1) is 14.3. The highest BCUT2D eigenvalue weighted by atomic mass is 32.2. The third-order valence-electron chi connectivity index (χ3n) is 4.06. The number of nitrogens with zero attached hydrogens (tertiary/aromatic N) is 1. The first-order chi connectivity index (χ1) is 8.91. The molecule has 19 heavy (non-hydrogen) atoms. The van der Waals surface area contributed by atoms with Gasteiger partial charge in [0.25, 0.3) is 0 Å². The molecule has 1 aliphatic heterocycles. The predicted molar refractivity (Wildman–Crippen MR) is 68.3 cm³/mol. The van der Waals surface area contributed by atoms with Crippen LogP contribution >= 0.6 is 0 Å². The average molecular weight is 289 g/mol. The van der Waals surface area contributed by atoms with Gasteiger partial charge in [0.2, 0.25) is 5.91 Å². The number of carbonyl (C=O) groups is 2. The molecule has 1 heterocycles. The van der Waals surface area contributed by atoms with Gasteiger partial charge in [-0.15, -0.1) is 0 Å². The van der Waals surface area contributed by atoms with E-state index in [1.165, 1.54) is 4.90 Å². The number of hydrogen-bond donors (Lipinski definition) is 1. The zero-order valence-electron chi connectivity index (χ0n) is 10.7. The SMILES string of the molecule is O=C(O)[C@H]1CCCC[C@H]1C(=O)N1CCS(=O)(=O)CC1. The van der Waals surface area contributed by atoms with Crippen LogP contribution in [0.15, 0.2) is 0 Å². The Kier molecular flexibility index (Phi) is 4.13. The van der Waals surface area contributed by atoms with E-state index in [2.05, 4.69) is 0 Å². The van der Waals surface area contributed by atoms with E-state index in [1.54, 1.807) is 0 Å². The van der Waals surface area contributed by atoms with Crippen LogP contribution < -0.4 is 0 Å². The number of carbonyl (C=O) groups excluding carboxylic acids is 1. The molecule has 0 bridgehead atoms. The molecule has 0 spiro atoms. The summed E-state index contributed by atoms with van der Waals surface area (Å²) in [6, 6.07) is 0. The second-order valence-corrected chi connectivity index (χ2v) is 7.62. The Bertz CT molecular complexity index is 459. The maximum atomic E-state index is 12.3. The highest BCUT2D eigenvalue weighted by Crippen LogP contribution is 2.32. The Morgan fingerprint density at radius 3 is 2.05 bits per heavy atom. The van der Waals surface area contributed by atoms with Crippen molar-refractivity contribution in [2.24, 2.45) is 11.8 Å². The summed E-state index contributed by atoms with van der Waals surface area (Å²) in [5.41, 5.74) is 0. The fourth-order valence-electron chi connectivity index (χ4n) is 2.89. The summed E-state index contributed by atoms with van der Waals surface area (Å²) >= 11 is 0. The molecule has 0 unspecified atom stereocenters. The Morgan fingerprint density at radius 1 is 1.00 bits per heavy atom. The maximum Gasteiger partial charge on any atom is 0.307 e. The largest absolute Gasteiger partial charge is 0.481 e. The van der Waals surface area contributed by atoms with Crippen molar-refractivity contribution in [3.8, 4) is 0 Å². The van der Waals surface area contributed by atoms with Gasteiger partial charge in [0, 0.05) is 13.1 Å². The maximum absolute atomic E-state index is 12.3. The molecular formula is C12H19NO5S. The molecule has 0 aromatic rings. The van der Waals surface area contributed by atoms with Gasteiger partial charge in [0.05, 0.1) is 23.3 Å². The predicted octanol–water partition coefficient (Wildman–Crippen LogP) is 0.134. The van der Waals surface area contributed by atoms with Crippen LogP contribution in [0.1, 0.15) is 25.7 Å². The summed E-state index contributed by atoms with van der Waals surface area (Å²) in [7, 11) is -3.02. The molecular weight excluding hydrogens is 270 g/mol. The number of sulfone groups is 1. The van der Waals surface area contributed by atoms with Crippen molar-refractivity contribution in [2.45, 2.75) is 25.7 Å². The molecule has 2 aliphatic rings. The van der Waals surface area contributed by atoms with Gasteiger partial charge in [-0.3, -0.25) is 9.59 Å². The Hall–Kier alpha value is -1.11. The van der Waals surface area contributed by atoms with Gasteiger partial charge in [0.15, 0.2) is 9.84 Å². The molecule has 0 aromatic heterocycles. The molecule has 1 saturated carbocycles. The van der Waals surface area contributed by atoms with Gasteiger partial charge >= 0.3 is 5.97 Å². The van der Waals surface area contributed by atoms with Crippen LogP contribution in [0, 0.1) is 11.8 Å². The van der Waals surface area contributed by atoms with Crippen molar-refractivity contribution < 1.29 is 23.1 Å². The molecule has 2 atom stereocenters. The fourth-order valence-corrected chi connectivity index (χ4v) is 4.09. The van der Waals surface area contributed by atoms with Crippen molar-refractivity contribution in [1.29, 1.82) is 0 Å². The van der Waals surface area contributed by atoms with Gasteiger partial charge in [-0.1, -0.05) is 12.8 Å². The fraction of sp³-hybridized carbons (Fsp3) is 0.833. The summed E-state index contributed by atoms with van der Waals surface area (Å²) in [4.78, 5) is 25.1. The van der Waals surface area contributed by atoms with Gasteiger partial charge in [0.1, 0.15) is 0 Å². The molecule has 108 valence electrons. The monoisotopic (exact) mass is 289 g/mol. The molecule has 1 aliphatic carbocycles. The van der Waals surface area contributed by atoms with Crippen molar-refractivity contribution in [3.05, 3.63) is 0 Å². The quantitative estimate of drug-likeness (QED) is 0.780. The molecule has 2 rings (SSSR count). The molecule has 0 radical (unpaired) electrons. The number of carboxylic acids is 1. The molecule has 1 saturated heterocycles. The van der Waals surface area contributed by atoms with Crippen LogP contribution in [0.3, 0.4) is 0 Å². The molecule has 1 N–H and O–H groups in total. The van der Waals surface area contributed by atoms with Crippen molar-refractivity contribution in [3.63, 3.8) is 0 Å². The van der Waals surface area contributed by atoms with E-state index in [9.17, 15) is 23.1 Å². The van der Waals surface area contributed by atoms with Crippen LogP contribution in [-0.2, 0) is 19.4 Å². The van der Waals surface area contributed by atoms with Gasteiger partial charge in [-0.05, 0) is 12.8 Å². The van der Waals surface area contributed by atoms with E-state index in [4.69, 9.17) is 0 Å². The molecule has 2 fully saturated rings. The summed E-state index contributed by atoms with van der Waals surface area (Å²) in [6.07, 6.45) is 2.85. The third-order valence-corrected chi connectivity index (χ3v) is 5.67. The lowest BCUT2D eigenvalue weighted by molar-refractivity contribution is -0.152. The van der Waals surface area contributed by atoms with E-state index in [0.717, 1.165) is 12.8 Å². The number of aliphatic carboxylic acids is 1. The normalized spacial score (nSPS) is 30.8. The zero-order chi connectivity index (χ0) is 14.0. The smallest absolute Gasteiger partial charge is 0.307 e. The minimum atomic E-state index is -3.02. The van der Waals surface area contributed by atoms with Crippen LogP contribution in [0.25, 0.3) is 0 Å². The van der Waals surface area contributed by atoms with Crippen LogP contribution in [0.5, 0.6) is 0 Å². The highest BCUT2D eigenvalue weighted by Gasteiger charge is 2.39. The van der Waals surface area contributed by atoms with E-state index < -0.39 is 27.6 Å². The van der Waals surface area contributed by atoms with Crippen LogP contribution in [0.2, 0.25) is 0 Å². The van der Waals surface area contributed by atoms with Crippen molar-refractivity contribution in [2.75, 3.05) is 24.6 Å². The number of amides is 1. The van der Waals surface area contributed by atoms with Crippen LogP contribution in [0.4, 0.5) is 0 Å². The number of hydrogen-bond acceptors (Lipinski definition) is 4. The molecule has 6 nitrogen and oxygen atoms in total. The van der Waals surface area contributed by atoms with Crippen molar-refractivity contribution >= 4 is 21.7 Å². The Morgan fingerprint density at radius 2 is 1.53 bits per heavy atom. The van der Waals surface area contributed by atoms with Gasteiger partial charge in [-0.2, -0.15) is 0 Å². The molecule has 7 heteroatoms. The van der Waals surface area contributed by atoms with Gasteiger partial charge in [-0.25, -0.2) is 8.42 Å². The topological polar surface area (TPSA) is 91.8 Å². The lowest BCUT2D eigenvalue weighted by atomic mass is 9.78. The number of carboxylic acid groups (broad SMARTS) is 1. The average Bonchev–Trinajstić information content (AvgIpc) is 2.38. The second-order valence-electron chi connectivity index (χ2n) is 5.31. The summed E-state index contributed by atoms with van der Waals surface area (Å²) < 4.78 is 22.7. The Balaban J connectivity index is 2.04. The molecule has 0 aromatic carbocycles. The van der Waals surface area contributed by atoms with Crippen LogP contribution in [-0.4, -0.2) is 54.9 Å².